The van der Waals surface area contributed by atoms with Gasteiger partial charge in [0, 0.05) is 16.9 Å². The highest BCUT2D eigenvalue weighted by Crippen LogP contribution is 2.42. The van der Waals surface area contributed by atoms with E-state index in [0.29, 0.717) is 4.88 Å². The Morgan fingerprint density at radius 3 is 2.58 bits per heavy atom. The van der Waals surface area contributed by atoms with Gasteiger partial charge < -0.3 is 29.9 Å². The number of nitrogens with zero attached hydrogens (tertiary/aromatic N) is 1. The monoisotopic (exact) mass is 466 g/mol. The quantitative estimate of drug-likeness (QED) is 0.403. The number of aliphatic hydroxyl groups is 4. The number of esters is 1. The highest BCUT2D eigenvalue weighted by atomic mass is 32.1. The van der Waals surface area contributed by atoms with Crippen LogP contribution >= 0.6 is 11.3 Å². The number of thiophene rings is 1. The van der Waals surface area contributed by atoms with Crippen molar-refractivity contribution in [3.63, 3.8) is 0 Å². The third-order valence-electron chi connectivity index (χ3n) is 4.84. The van der Waals surface area contributed by atoms with Crippen LogP contribution in [0.25, 0.3) is 0 Å². The molecule has 5 atom stereocenters. The summed E-state index contributed by atoms with van der Waals surface area (Å²) in [5.74, 6) is -4.20. The number of carbonyl (C=O) groups is 1. The Bertz CT molecular complexity index is 947. The van der Waals surface area contributed by atoms with Crippen molar-refractivity contribution < 1.29 is 47.9 Å². The summed E-state index contributed by atoms with van der Waals surface area (Å²) in [4.78, 5) is 12.6. The van der Waals surface area contributed by atoms with E-state index in [9.17, 15) is 38.4 Å². The van der Waals surface area contributed by atoms with Gasteiger partial charge in [0.05, 0.1) is 6.61 Å². The van der Waals surface area contributed by atoms with Gasteiger partial charge in [0.1, 0.15) is 24.0 Å². The number of halogens is 3. The summed E-state index contributed by atoms with van der Waals surface area (Å²) in [6.07, 6.45) is -13.7. The third kappa shape index (κ3) is 4.33. The molecule has 9 nitrogen and oxygen atoms in total. The van der Waals surface area contributed by atoms with E-state index in [2.05, 4.69) is 5.10 Å². The van der Waals surface area contributed by atoms with Crippen LogP contribution in [-0.4, -0.2) is 67.6 Å². The SMILES string of the molecule is CCOC(=O)[C@H]1O[C@](O)(c2[nH]nc(C(F)(F)F)c2Cc2cc(C)cs2)[C@H](O)[C@@H](O)[C@@H]1O. The normalized spacial score (nSPS) is 29.2. The van der Waals surface area contributed by atoms with Gasteiger partial charge in [0.25, 0.3) is 0 Å². The number of hydrogen-bond donors (Lipinski definition) is 5. The molecule has 0 aliphatic carbocycles. The highest BCUT2D eigenvalue weighted by Gasteiger charge is 2.58. The molecule has 0 bridgehead atoms. The lowest BCUT2D eigenvalue weighted by molar-refractivity contribution is -0.352. The molecule has 0 saturated carbocycles. The fraction of sp³-hybridized carbons (Fsp3) is 0.556. The molecule has 1 aliphatic rings. The first-order valence-electron chi connectivity index (χ1n) is 9.20. The number of alkyl halides is 3. The summed E-state index contributed by atoms with van der Waals surface area (Å²) in [5.41, 5.74) is -1.78. The number of aryl methyl sites for hydroxylation is 1. The molecule has 1 aliphatic heterocycles. The van der Waals surface area contributed by atoms with Crippen molar-refractivity contribution in [1.82, 2.24) is 10.2 Å². The second-order valence-electron chi connectivity index (χ2n) is 7.10. The third-order valence-corrected chi connectivity index (χ3v) is 5.89. The van der Waals surface area contributed by atoms with Crippen LogP contribution in [0.3, 0.4) is 0 Å². The Hall–Kier alpha value is -2.03. The first-order chi connectivity index (χ1) is 14.4. The number of hydrogen-bond acceptors (Lipinski definition) is 9. The number of nitrogens with one attached hydrogen (secondary N) is 1. The Balaban J connectivity index is 2.10. The molecular weight excluding hydrogens is 445 g/mol. The molecule has 31 heavy (non-hydrogen) atoms. The van der Waals surface area contributed by atoms with Gasteiger partial charge in [-0.2, -0.15) is 18.3 Å². The molecule has 2 aromatic rings. The van der Waals surface area contributed by atoms with Crippen LogP contribution in [-0.2, 0) is 32.7 Å². The molecule has 3 heterocycles. The van der Waals surface area contributed by atoms with E-state index in [1.54, 1.807) is 18.4 Å². The standard InChI is InChI=1S/C18H21F3N2O7S/c1-3-29-16(27)12-10(24)11(25)15(26)17(28,30-12)13-9(5-8-4-7(2)6-31-8)14(23-22-13)18(19,20)21/h4,6,10-12,15,24-26,28H,3,5H2,1-2H3,(H,22,23)/t10-,11-,12-,15+,17+/m0/s1. The summed E-state index contributed by atoms with van der Waals surface area (Å²) in [6.45, 7) is 3.08. The zero-order valence-electron chi connectivity index (χ0n) is 16.4. The summed E-state index contributed by atoms with van der Waals surface area (Å²) < 4.78 is 50.6. The smallest absolute Gasteiger partial charge is 0.435 e. The Labute approximate surface area is 178 Å². The zero-order valence-corrected chi connectivity index (χ0v) is 17.2. The average molecular weight is 466 g/mol. The second-order valence-corrected chi connectivity index (χ2v) is 8.10. The first-order valence-corrected chi connectivity index (χ1v) is 10.1. The van der Waals surface area contributed by atoms with Crippen molar-refractivity contribution in [1.29, 1.82) is 0 Å². The van der Waals surface area contributed by atoms with E-state index in [1.807, 2.05) is 5.10 Å². The molecule has 3 rings (SSSR count). The maximum Gasteiger partial charge on any atom is 0.435 e. The van der Waals surface area contributed by atoms with Crippen LogP contribution in [0.4, 0.5) is 13.2 Å². The van der Waals surface area contributed by atoms with Crippen molar-refractivity contribution in [3.8, 4) is 0 Å². The molecule has 1 fully saturated rings. The summed E-state index contributed by atoms with van der Waals surface area (Å²) in [6, 6.07) is 1.64. The van der Waals surface area contributed by atoms with E-state index < -0.39 is 59.3 Å². The topological polar surface area (TPSA) is 145 Å². The minimum atomic E-state index is -4.91. The van der Waals surface area contributed by atoms with E-state index >= 15 is 0 Å². The lowest BCUT2D eigenvalue weighted by Gasteiger charge is -2.44. The maximum atomic E-state index is 13.6. The largest absolute Gasteiger partial charge is 0.464 e. The predicted octanol–water partition coefficient (Wildman–Crippen LogP) is 0.579. The molecule has 5 N–H and O–H groups in total. The van der Waals surface area contributed by atoms with Crippen molar-refractivity contribution in [2.24, 2.45) is 0 Å². The van der Waals surface area contributed by atoms with Gasteiger partial charge in [-0.05, 0) is 30.9 Å². The van der Waals surface area contributed by atoms with E-state index in [-0.39, 0.29) is 13.0 Å². The van der Waals surface area contributed by atoms with Gasteiger partial charge in [-0.3, -0.25) is 5.10 Å². The molecule has 0 aromatic carbocycles. The summed E-state index contributed by atoms with van der Waals surface area (Å²) in [7, 11) is 0. The zero-order chi connectivity index (χ0) is 23.1. The van der Waals surface area contributed by atoms with Gasteiger partial charge in [0.2, 0.25) is 5.79 Å². The average Bonchev–Trinajstić information content (AvgIpc) is 3.30. The Kier molecular flexibility index (Phi) is 6.47. The van der Waals surface area contributed by atoms with Crippen LogP contribution in [0, 0.1) is 6.92 Å². The lowest BCUT2D eigenvalue weighted by atomic mass is 9.88. The molecule has 0 unspecified atom stereocenters. The second kappa shape index (κ2) is 8.48. The van der Waals surface area contributed by atoms with E-state index in [4.69, 9.17) is 9.47 Å². The van der Waals surface area contributed by atoms with Gasteiger partial charge >= 0.3 is 12.1 Å². The fourth-order valence-electron chi connectivity index (χ4n) is 3.37. The van der Waals surface area contributed by atoms with Gasteiger partial charge in [-0.25, -0.2) is 4.79 Å². The molecule has 172 valence electrons. The number of carbonyl (C=O) groups excluding carboxylic acids is 1. The molecule has 0 spiro atoms. The number of aliphatic hydroxyl groups excluding tert-OH is 3. The number of rotatable bonds is 5. The number of ether oxygens (including phenoxy) is 2. The Morgan fingerprint density at radius 2 is 2.03 bits per heavy atom. The van der Waals surface area contributed by atoms with Gasteiger partial charge in [-0.1, -0.05) is 0 Å². The van der Waals surface area contributed by atoms with Crippen LogP contribution in [0.15, 0.2) is 11.4 Å². The van der Waals surface area contributed by atoms with Crippen LogP contribution < -0.4 is 0 Å². The van der Waals surface area contributed by atoms with Crippen molar-refractivity contribution in [2.45, 2.75) is 56.6 Å². The van der Waals surface area contributed by atoms with Crippen LogP contribution in [0.2, 0.25) is 0 Å². The summed E-state index contributed by atoms with van der Waals surface area (Å²) >= 11 is 1.18. The fourth-order valence-corrected chi connectivity index (χ4v) is 4.26. The summed E-state index contributed by atoms with van der Waals surface area (Å²) in [5, 5.41) is 48.7. The number of aromatic amines is 1. The van der Waals surface area contributed by atoms with E-state index in [0.717, 1.165) is 5.56 Å². The highest BCUT2D eigenvalue weighted by molar-refractivity contribution is 7.10. The number of H-pyrrole nitrogens is 1. The Morgan fingerprint density at radius 1 is 1.35 bits per heavy atom. The van der Waals surface area contributed by atoms with Crippen molar-refractivity contribution >= 4 is 17.3 Å². The van der Waals surface area contributed by atoms with Crippen molar-refractivity contribution in [3.05, 3.63) is 38.8 Å². The van der Waals surface area contributed by atoms with Crippen molar-refractivity contribution in [2.75, 3.05) is 6.61 Å². The molecule has 0 amide bonds. The lowest BCUT2D eigenvalue weighted by Crippen LogP contribution is -2.65. The molecule has 0 radical (unpaired) electrons. The predicted molar refractivity (Wildman–Crippen MR) is 98.9 cm³/mol. The first kappa shape index (κ1) is 23.6. The van der Waals surface area contributed by atoms with Crippen LogP contribution in [0.1, 0.15) is 34.3 Å². The van der Waals surface area contributed by atoms with Gasteiger partial charge in [-0.15, -0.1) is 11.3 Å². The molecule has 13 heteroatoms. The van der Waals surface area contributed by atoms with E-state index in [1.165, 1.54) is 18.3 Å². The number of aromatic nitrogens is 2. The minimum absolute atomic E-state index is 0.131. The molecule has 1 saturated heterocycles. The van der Waals surface area contributed by atoms with Gasteiger partial charge in [0.15, 0.2) is 11.8 Å². The minimum Gasteiger partial charge on any atom is -0.464 e. The maximum absolute atomic E-state index is 13.6. The molecule has 2 aromatic heterocycles. The van der Waals surface area contributed by atoms with Crippen LogP contribution in [0.5, 0.6) is 0 Å². The molecular formula is C18H21F3N2O7S.